The zero-order valence-corrected chi connectivity index (χ0v) is 18.9. The quantitative estimate of drug-likeness (QED) is 0.381. The summed E-state index contributed by atoms with van der Waals surface area (Å²) in [6.07, 6.45) is 2.11. The maximum absolute atomic E-state index is 13.8. The van der Waals surface area contributed by atoms with Crippen molar-refractivity contribution < 1.29 is 14.3 Å². The summed E-state index contributed by atoms with van der Waals surface area (Å²) in [6.45, 7) is 4.61. The van der Waals surface area contributed by atoms with Crippen molar-refractivity contribution in [2.45, 2.75) is 32.2 Å². The lowest BCUT2D eigenvalue weighted by Gasteiger charge is -2.26. The third-order valence-electron chi connectivity index (χ3n) is 6.03. The van der Waals surface area contributed by atoms with E-state index in [-0.39, 0.29) is 17.1 Å². The van der Waals surface area contributed by atoms with Crippen molar-refractivity contribution >= 4 is 34.4 Å². The molecule has 2 aromatic carbocycles. The molecule has 0 saturated heterocycles. The van der Waals surface area contributed by atoms with Gasteiger partial charge in [0.15, 0.2) is 0 Å². The average molecular weight is 458 g/mol. The van der Waals surface area contributed by atoms with E-state index in [0.717, 1.165) is 43.9 Å². The lowest BCUT2D eigenvalue weighted by molar-refractivity contribution is 0.0702. The van der Waals surface area contributed by atoms with Crippen molar-refractivity contribution in [3.8, 4) is 22.2 Å². The van der Waals surface area contributed by atoms with E-state index in [0.29, 0.717) is 6.54 Å². The Bertz CT molecular complexity index is 1490. The van der Waals surface area contributed by atoms with E-state index in [2.05, 4.69) is 27.8 Å². The van der Waals surface area contributed by atoms with Crippen LogP contribution in [0.1, 0.15) is 46.8 Å². The Morgan fingerprint density at radius 2 is 2.00 bits per heavy atom. The molecule has 1 aliphatic rings. The molecule has 0 unspecified atom stereocenters. The second kappa shape index (κ2) is 7.68. The molecule has 0 amide bonds. The Hall–Kier alpha value is -3.76. The van der Waals surface area contributed by atoms with Crippen molar-refractivity contribution in [3.05, 3.63) is 76.0 Å². The van der Waals surface area contributed by atoms with Crippen LogP contribution in [0.3, 0.4) is 0 Å². The van der Waals surface area contributed by atoms with Crippen LogP contribution >= 0.6 is 11.3 Å². The maximum atomic E-state index is 13.8. The van der Waals surface area contributed by atoms with Crippen LogP contribution in [0.25, 0.3) is 27.0 Å². The van der Waals surface area contributed by atoms with E-state index in [1.54, 1.807) is 18.2 Å². The van der Waals surface area contributed by atoms with Crippen LogP contribution in [-0.2, 0) is 12.0 Å². The first-order chi connectivity index (χ1) is 15.8. The number of carbonyl (C=O) groups is 1. The minimum absolute atomic E-state index is 0.251. The van der Waals surface area contributed by atoms with E-state index in [1.165, 1.54) is 23.5 Å². The van der Waals surface area contributed by atoms with Gasteiger partial charge in [0.2, 0.25) is 0 Å². The van der Waals surface area contributed by atoms with Gasteiger partial charge in [-0.25, -0.2) is 9.18 Å². The van der Waals surface area contributed by atoms with Crippen molar-refractivity contribution in [1.82, 2.24) is 4.57 Å². The summed E-state index contributed by atoms with van der Waals surface area (Å²) in [5.74, 6) is -1.30. The molecule has 3 heterocycles. The van der Waals surface area contributed by atoms with Crippen LogP contribution in [-0.4, -0.2) is 21.9 Å². The van der Waals surface area contributed by atoms with Crippen molar-refractivity contribution in [2.24, 2.45) is 4.99 Å². The van der Waals surface area contributed by atoms with Gasteiger partial charge in [-0.05, 0) is 59.7 Å². The van der Waals surface area contributed by atoms with E-state index in [9.17, 15) is 19.6 Å². The van der Waals surface area contributed by atoms with Crippen LogP contribution in [0.15, 0.2) is 53.5 Å². The van der Waals surface area contributed by atoms with Crippen molar-refractivity contribution in [1.29, 1.82) is 5.26 Å². The lowest BCUT2D eigenvalue weighted by atomic mass is 9.83. The molecule has 0 aliphatic carbocycles. The number of nitrogens with zero attached hydrogens (tertiary/aromatic N) is 3. The smallest absolute Gasteiger partial charge is 0.345 e. The fourth-order valence-electron chi connectivity index (χ4n) is 4.51. The largest absolute Gasteiger partial charge is 0.477 e. The number of thiophene rings is 1. The van der Waals surface area contributed by atoms with Crippen LogP contribution in [0.5, 0.6) is 0 Å². The molecule has 33 heavy (non-hydrogen) atoms. The predicted molar refractivity (Wildman–Crippen MR) is 128 cm³/mol. The Labute approximate surface area is 194 Å². The lowest BCUT2D eigenvalue weighted by Crippen LogP contribution is -2.21. The van der Waals surface area contributed by atoms with Crippen LogP contribution in [0, 0.1) is 17.1 Å². The monoisotopic (exact) mass is 457 g/mol. The highest BCUT2D eigenvalue weighted by Gasteiger charge is 2.33. The molecule has 0 saturated carbocycles. The van der Waals surface area contributed by atoms with Gasteiger partial charge in [0.05, 0.1) is 18.1 Å². The standard InChI is InChI=1S/C26H20FN3O2S/c1-26(2,9-10-28)24-23(21-7-8-22(33-21)25(31)32)19-11-15-13-29-14-16(15)12-20(19)30(24)18-5-3-17(27)4-6-18/h3-8,11-12,14H,9,13H2,1-2H3,(H,31,32). The zero-order chi connectivity index (χ0) is 23.3. The summed E-state index contributed by atoms with van der Waals surface area (Å²) in [4.78, 5) is 17.1. The number of rotatable bonds is 5. The molecule has 2 aromatic heterocycles. The minimum Gasteiger partial charge on any atom is -0.477 e. The second-order valence-electron chi connectivity index (χ2n) is 8.76. The molecule has 0 spiro atoms. The number of fused-ring (bicyclic) bond motifs is 2. The molecule has 4 aromatic rings. The molecular formula is C26H20FN3O2S. The van der Waals surface area contributed by atoms with E-state index in [4.69, 9.17) is 0 Å². The highest BCUT2D eigenvalue weighted by molar-refractivity contribution is 7.17. The van der Waals surface area contributed by atoms with Gasteiger partial charge < -0.3 is 9.67 Å². The molecule has 5 nitrogen and oxygen atoms in total. The first-order valence-corrected chi connectivity index (χ1v) is 11.3. The zero-order valence-electron chi connectivity index (χ0n) is 18.1. The Morgan fingerprint density at radius 3 is 2.67 bits per heavy atom. The average Bonchev–Trinajstić information content (AvgIpc) is 3.49. The van der Waals surface area contributed by atoms with Crippen molar-refractivity contribution in [2.75, 3.05) is 0 Å². The SMILES string of the molecule is CC(C)(CC#N)c1c(-c2ccc(C(=O)O)s2)c2cc3c(cc2n1-c1ccc(F)cc1)C=NC3. The first kappa shape index (κ1) is 21.1. The first-order valence-electron chi connectivity index (χ1n) is 10.5. The van der Waals surface area contributed by atoms with Gasteiger partial charge in [-0.1, -0.05) is 13.8 Å². The van der Waals surface area contributed by atoms with Crippen LogP contribution in [0.4, 0.5) is 4.39 Å². The molecule has 0 atom stereocenters. The molecule has 7 heteroatoms. The minimum atomic E-state index is -0.972. The van der Waals surface area contributed by atoms with Crippen molar-refractivity contribution in [3.63, 3.8) is 0 Å². The molecule has 0 fully saturated rings. The molecule has 5 rings (SSSR count). The molecule has 1 aliphatic heterocycles. The summed E-state index contributed by atoms with van der Waals surface area (Å²) in [7, 11) is 0. The van der Waals surface area contributed by atoms with E-state index < -0.39 is 11.4 Å². The number of aliphatic imine (C=N–C) groups is 1. The van der Waals surface area contributed by atoms with Gasteiger partial charge in [0.25, 0.3) is 0 Å². The number of halogens is 1. The summed E-state index contributed by atoms with van der Waals surface area (Å²) in [5, 5.41) is 20.1. The fraction of sp³-hybridized carbons (Fsp3) is 0.192. The number of carboxylic acids is 1. The van der Waals surface area contributed by atoms with Crippen LogP contribution in [0.2, 0.25) is 0 Å². The van der Waals surface area contributed by atoms with Crippen LogP contribution < -0.4 is 0 Å². The number of hydrogen-bond donors (Lipinski definition) is 1. The van der Waals surface area contributed by atoms with Gasteiger partial charge in [-0.3, -0.25) is 4.99 Å². The number of nitriles is 1. The van der Waals surface area contributed by atoms with E-state index in [1.807, 2.05) is 26.1 Å². The highest BCUT2D eigenvalue weighted by Crippen LogP contribution is 2.46. The van der Waals surface area contributed by atoms with Gasteiger partial charge in [0, 0.05) is 45.3 Å². The number of aromatic nitrogens is 1. The molecule has 0 bridgehead atoms. The summed E-state index contributed by atoms with van der Waals surface area (Å²) < 4.78 is 15.9. The normalized spacial score (nSPS) is 12.8. The summed E-state index contributed by atoms with van der Waals surface area (Å²) >= 11 is 1.21. The predicted octanol–water partition coefficient (Wildman–Crippen LogP) is 6.32. The fourth-order valence-corrected chi connectivity index (χ4v) is 5.42. The van der Waals surface area contributed by atoms with Gasteiger partial charge >= 0.3 is 5.97 Å². The van der Waals surface area contributed by atoms with Gasteiger partial charge in [-0.15, -0.1) is 11.3 Å². The molecular weight excluding hydrogens is 437 g/mol. The summed E-state index contributed by atoms with van der Waals surface area (Å²) in [5.41, 5.74) is 5.04. The number of carboxylic acid groups (broad SMARTS) is 1. The second-order valence-corrected chi connectivity index (χ2v) is 9.84. The van der Waals surface area contributed by atoms with Gasteiger partial charge in [-0.2, -0.15) is 5.26 Å². The van der Waals surface area contributed by atoms with Gasteiger partial charge in [0.1, 0.15) is 10.7 Å². The number of benzene rings is 2. The number of aromatic carboxylic acids is 1. The Morgan fingerprint density at radius 1 is 1.24 bits per heavy atom. The third-order valence-corrected chi connectivity index (χ3v) is 7.12. The molecule has 0 radical (unpaired) electrons. The topological polar surface area (TPSA) is 78.4 Å². The Balaban J connectivity index is 1.94. The third kappa shape index (κ3) is 3.43. The Kier molecular flexibility index (Phi) is 4.91. The van der Waals surface area contributed by atoms with E-state index >= 15 is 0 Å². The highest BCUT2D eigenvalue weighted by atomic mass is 32.1. The molecule has 164 valence electrons. The molecule has 1 N–H and O–H groups in total. The number of hydrogen-bond acceptors (Lipinski definition) is 4. The summed E-state index contributed by atoms with van der Waals surface area (Å²) in [6, 6.07) is 16.2. The maximum Gasteiger partial charge on any atom is 0.345 e.